The first-order valence-electron chi connectivity index (χ1n) is 12.7. The van der Waals surface area contributed by atoms with Crippen molar-refractivity contribution in [1.82, 2.24) is 0 Å². The lowest BCUT2D eigenvalue weighted by Gasteiger charge is -2.13. The second kappa shape index (κ2) is 22.2. The van der Waals surface area contributed by atoms with E-state index in [0.717, 1.165) is 32.1 Å². The molecule has 0 radical (unpaired) electrons. The van der Waals surface area contributed by atoms with Gasteiger partial charge in [-0.3, -0.25) is 18.6 Å². The molecule has 0 aromatic rings. The molecule has 0 aromatic heterocycles. The first-order valence-corrected chi connectivity index (χ1v) is 14.2. The fourth-order valence-corrected chi connectivity index (χ4v) is 3.90. The number of nitrogens with two attached hydrogens (primary N) is 1. The lowest BCUT2D eigenvalue weighted by molar-refractivity contribution is -0.144. The standard InChI is InChI=1S/C24H46NO8P/c1-2-3-4-5-6-7-8-9-10-11-12-13-14-15-16-18-23(26)31-19-17-20-32-34(29,30)33-21-22(25)24(27)28/h9-10,22H,2-8,11-21,25H2,1H3,(H,27,28)(H,29,30)/b10-9+/t22-/m0/s1. The van der Waals surface area contributed by atoms with Crippen LogP contribution >= 0.6 is 7.82 Å². The second-order valence-corrected chi connectivity index (χ2v) is 9.90. The summed E-state index contributed by atoms with van der Waals surface area (Å²) in [5.74, 6) is -1.65. The Morgan fingerprint density at radius 2 is 1.41 bits per heavy atom. The van der Waals surface area contributed by atoms with E-state index in [1.165, 1.54) is 51.4 Å². The number of aliphatic carboxylic acids is 1. The molecule has 10 heteroatoms. The van der Waals surface area contributed by atoms with Crippen LogP contribution in [0.15, 0.2) is 12.2 Å². The first-order chi connectivity index (χ1) is 16.3. The molecule has 0 aliphatic heterocycles. The van der Waals surface area contributed by atoms with Gasteiger partial charge in [-0.15, -0.1) is 0 Å². The fourth-order valence-electron chi connectivity index (χ4n) is 3.12. The van der Waals surface area contributed by atoms with E-state index in [1.54, 1.807) is 0 Å². The van der Waals surface area contributed by atoms with E-state index in [9.17, 15) is 19.0 Å². The molecule has 0 bridgehead atoms. The second-order valence-electron chi connectivity index (χ2n) is 8.45. The monoisotopic (exact) mass is 507 g/mol. The topological polar surface area (TPSA) is 145 Å². The highest BCUT2D eigenvalue weighted by Crippen LogP contribution is 2.43. The van der Waals surface area contributed by atoms with Crippen LogP contribution in [0.5, 0.6) is 0 Å². The Kier molecular flexibility index (Phi) is 21.4. The zero-order valence-electron chi connectivity index (χ0n) is 20.8. The Morgan fingerprint density at radius 1 is 0.853 bits per heavy atom. The van der Waals surface area contributed by atoms with Gasteiger partial charge in [0, 0.05) is 12.8 Å². The molecule has 0 amide bonds. The molecule has 0 heterocycles. The van der Waals surface area contributed by atoms with E-state index in [0.29, 0.717) is 6.42 Å². The minimum atomic E-state index is -4.38. The normalized spacial score (nSPS) is 14.2. The van der Waals surface area contributed by atoms with Crippen LogP contribution in [0, 0.1) is 0 Å². The van der Waals surface area contributed by atoms with Crippen LogP contribution in [0.4, 0.5) is 0 Å². The van der Waals surface area contributed by atoms with Crippen molar-refractivity contribution in [2.24, 2.45) is 5.73 Å². The molecule has 0 saturated carbocycles. The van der Waals surface area contributed by atoms with E-state index < -0.39 is 26.4 Å². The smallest absolute Gasteiger partial charge is 0.472 e. The number of phosphoric acid groups is 1. The summed E-state index contributed by atoms with van der Waals surface area (Å²) < 4.78 is 25.8. The summed E-state index contributed by atoms with van der Waals surface area (Å²) in [5, 5.41) is 8.59. The van der Waals surface area contributed by atoms with E-state index in [2.05, 4.69) is 28.1 Å². The van der Waals surface area contributed by atoms with Gasteiger partial charge in [-0.1, -0.05) is 70.4 Å². The zero-order valence-corrected chi connectivity index (χ0v) is 21.7. The number of unbranched alkanes of at least 4 members (excludes halogenated alkanes) is 11. The van der Waals surface area contributed by atoms with Gasteiger partial charge in [-0.2, -0.15) is 0 Å². The van der Waals surface area contributed by atoms with E-state index in [-0.39, 0.29) is 25.6 Å². The van der Waals surface area contributed by atoms with Crippen LogP contribution in [-0.2, 0) is 27.9 Å². The number of hydrogen-bond acceptors (Lipinski definition) is 7. The molecule has 2 atom stereocenters. The van der Waals surface area contributed by atoms with Crippen molar-refractivity contribution in [3.05, 3.63) is 12.2 Å². The van der Waals surface area contributed by atoms with Crippen LogP contribution < -0.4 is 5.73 Å². The third-order valence-electron chi connectivity index (χ3n) is 5.18. The van der Waals surface area contributed by atoms with Gasteiger partial charge in [0.05, 0.1) is 19.8 Å². The van der Waals surface area contributed by atoms with Crippen molar-refractivity contribution >= 4 is 19.8 Å². The molecule has 200 valence electrons. The Labute approximate surface area is 205 Å². The summed E-state index contributed by atoms with van der Waals surface area (Å²) in [6.07, 6.45) is 20.7. The van der Waals surface area contributed by atoms with Crippen LogP contribution in [0.2, 0.25) is 0 Å². The molecule has 0 aliphatic rings. The van der Waals surface area contributed by atoms with Gasteiger partial charge in [-0.05, 0) is 32.1 Å². The summed E-state index contributed by atoms with van der Waals surface area (Å²) in [6, 6.07) is -1.42. The Hall–Kier alpha value is -1.25. The van der Waals surface area contributed by atoms with E-state index in [4.69, 9.17) is 15.6 Å². The SMILES string of the molecule is CCCCCCCC/C=C/CCCCCCCC(=O)OCCCOP(=O)(O)OC[C@H](N)C(=O)O. The maximum absolute atomic E-state index is 11.7. The van der Waals surface area contributed by atoms with Crippen LogP contribution in [0.25, 0.3) is 0 Å². The van der Waals surface area contributed by atoms with E-state index in [1.807, 2.05) is 0 Å². The third-order valence-corrected chi connectivity index (χ3v) is 6.17. The van der Waals surface area contributed by atoms with Crippen LogP contribution in [0.3, 0.4) is 0 Å². The molecule has 0 aromatic carbocycles. The minimum Gasteiger partial charge on any atom is -0.480 e. The largest absolute Gasteiger partial charge is 0.480 e. The summed E-state index contributed by atoms with van der Waals surface area (Å²) in [6.45, 7) is 1.49. The number of phosphoric ester groups is 1. The maximum atomic E-state index is 11.7. The average Bonchev–Trinajstić information content (AvgIpc) is 2.79. The molecule has 0 spiro atoms. The number of carbonyl (C=O) groups is 2. The molecule has 0 fully saturated rings. The zero-order chi connectivity index (χ0) is 25.5. The summed E-state index contributed by atoms with van der Waals surface area (Å²) in [4.78, 5) is 31.6. The Morgan fingerprint density at radius 3 is 2.00 bits per heavy atom. The molecule has 4 N–H and O–H groups in total. The Balaban J connectivity index is 3.47. The minimum absolute atomic E-state index is 0.0680. The van der Waals surface area contributed by atoms with Crippen LogP contribution in [-0.4, -0.2) is 47.8 Å². The number of carbonyl (C=O) groups excluding carboxylic acids is 1. The number of ether oxygens (including phenoxy) is 1. The number of esters is 1. The molecular weight excluding hydrogens is 461 g/mol. The van der Waals surface area contributed by atoms with Gasteiger partial charge in [0.15, 0.2) is 0 Å². The van der Waals surface area contributed by atoms with Gasteiger partial charge in [0.1, 0.15) is 6.04 Å². The lowest BCUT2D eigenvalue weighted by atomic mass is 10.1. The van der Waals surface area contributed by atoms with Gasteiger partial charge in [-0.25, -0.2) is 4.57 Å². The fraction of sp³-hybridized carbons (Fsp3) is 0.833. The molecule has 0 aliphatic carbocycles. The van der Waals surface area contributed by atoms with Crippen molar-refractivity contribution in [1.29, 1.82) is 0 Å². The van der Waals surface area contributed by atoms with Gasteiger partial charge in [0.25, 0.3) is 0 Å². The van der Waals surface area contributed by atoms with Gasteiger partial charge < -0.3 is 20.5 Å². The van der Waals surface area contributed by atoms with Crippen molar-refractivity contribution in [2.45, 2.75) is 109 Å². The van der Waals surface area contributed by atoms with Crippen molar-refractivity contribution in [3.8, 4) is 0 Å². The van der Waals surface area contributed by atoms with Crippen molar-refractivity contribution in [2.75, 3.05) is 19.8 Å². The highest BCUT2D eigenvalue weighted by molar-refractivity contribution is 7.47. The first kappa shape index (κ1) is 32.8. The highest BCUT2D eigenvalue weighted by Gasteiger charge is 2.24. The summed E-state index contributed by atoms with van der Waals surface area (Å²) in [7, 11) is -4.38. The number of hydrogen-bond donors (Lipinski definition) is 3. The summed E-state index contributed by atoms with van der Waals surface area (Å²) in [5.41, 5.74) is 5.18. The Bertz CT molecular complexity index is 600. The predicted molar refractivity (Wildman–Crippen MR) is 132 cm³/mol. The molecule has 9 nitrogen and oxygen atoms in total. The predicted octanol–water partition coefficient (Wildman–Crippen LogP) is 5.50. The van der Waals surface area contributed by atoms with Crippen molar-refractivity contribution < 1.29 is 37.9 Å². The number of carboxylic acids is 1. The van der Waals surface area contributed by atoms with Gasteiger partial charge in [0.2, 0.25) is 0 Å². The summed E-state index contributed by atoms with van der Waals surface area (Å²) >= 11 is 0. The lowest BCUT2D eigenvalue weighted by Crippen LogP contribution is -2.34. The highest BCUT2D eigenvalue weighted by atomic mass is 31.2. The third kappa shape index (κ3) is 22.5. The number of carboxylic acid groups (broad SMARTS) is 1. The number of rotatable bonds is 24. The molecule has 1 unspecified atom stereocenters. The molecular formula is C24H46NO8P. The van der Waals surface area contributed by atoms with E-state index >= 15 is 0 Å². The van der Waals surface area contributed by atoms with Crippen molar-refractivity contribution in [3.63, 3.8) is 0 Å². The number of allylic oxidation sites excluding steroid dienone is 2. The quantitative estimate of drug-likeness (QED) is 0.0667. The molecule has 0 rings (SSSR count). The molecule has 0 saturated heterocycles. The van der Waals surface area contributed by atoms with Gasteiger partial charge >= 0.3 is 19.8 Å². The van der Waals surface area contributed by atoms with Crippen LogP contribution in [0.1, 0.15) is 103 Å². The molecule has 34 heavy (non-hydrogen) atoms. The maximum Gasteiger partial charge on any atom is 0.472 e. The average molecular weight is 508 g/mol.